The molecule has 0 fully saturated rings. The van der Waals surface area contributed by atoms with Gasteiger partial charge in [0, 0.05) is 48.2 Å². The summed E-state index contributed by atoms with van der Waals surface area (Å²) in [5, 5.41) is 15.1. The first-order valence-electron chi connectivity index (χ1n) is 8.30. The zero-order chi connectivity index (χ0) is 20.3. The monoisotopic (exact) mass is 416 g/mol. The lowest BCUT2D eigenvalue weighted by Gasteiger charge is -2.13. The van der Waals surface area contributed by atoms with Crippen molar-refractivity contribution in [3.8, 4) is 0 Å². The number of amides is 1. The molecule has 3 rings (SSSR count). The van der Waals surface area contributed by atoms with E-state index >= 15 is 0 Å². The normalized spacial score (nSPS) is 10.5. The Balaban J connectivity index is 1.73. The lowest BCUT2D eigenvalue weighted by molar-refractivity contribution is -0.384. The van der Waals surface area contributed by atoms with E-state index in [1.165, 1.54) is 17.4 Å². The predicted octanol–water partition coefficient (Wildman–Crippen LogP) is 4.61. The number of thiazole rings is 1. The van der Waals surface area contributed by atoms with Crippen LogP contribution in [-0.4, -0.2) is 29.9 Å². The Labute approximate surface area is 170 Å². The second kappa shape index (κ2) is 8.37. The van der Waals surface area contributed by atoms with E-state index in [0.29, 0.717) is 22.3 Å². The maximum atomic E-state index is 12.5. The zero-order valence-corrected chi connectivity index (χ0v) is 16.8. The van der Waals surface area contributed by atoms with Gasteiger partial charge in [-0.2, -0.15) is 0 Å². The number of nitrogens with one attached hydrogen (secondary N) is 1. The summed E-state index contributed by atoms with van der Waals surface area (Å²) in [7, 11) is 3.42. The number of halogens is 1. The van der Waals surface area contributed by atoms with E-state index in [0.717, 1.165) is 10.4 Å². The van der Waals surface area contributed by atoms with Gasteiger partial charge in [0.1, 0.15) is 5.69 Å². The number of nitro benzene ring substituents is 1. The van der Waals surface area contributed by atoms with E-state index in [4.69, 9.17) is 11.6 Å². The molecule has 28 heavy (non-hydrogen) atoms. The average molecular weight is 417 g/mol. The molecule has 0 aliphatic heterocycles. The summed E-state index contributed by atoms with van der Waals surface area (Å²) >= 11 is 7.25. The van der Waals surface area contributed by atoms with Crippen LogP contribution < -0.4 is 10.2 Å². The van der Waals surface area contributed by atoms with Gasteiger partial charge in [-0.1, -0.05) is 23.7 Å². The first-order valence-corrected chi connectivity index (χ1v) is 9.49. The Morgan fingerprint density at radius 2 is 1.96 bits per heavy atom. The molecule has 0 spiro atoms. The smallest absolute Gasteiger partial charge is 0.293 e. The molecule has 3 aromatic rings. The molecule has 0 bridgehead atoms. The molecule has 1 heterocycles. The van der Waals surface area contributed by atoms with Crippen molar-refractivity contribution in [3.63, 3.8) is 0 Å². The number of nitro groups is 1. The van der Waals surface area contributed by atoms with Gasteiger partial charge < -0.3 is 4.90 Å². The van der Waals surface area contributed by atoms with Crippen LogP contribution in [0.2, 0.25) is 5.02 Å². The minimum Gasteiger partial charge on any atom is -0.372 e. The highest BCUT2D eigenvalue weighted by molar-refractivity contribution is 7.15. The van der Waals surface area contributed by atoms with Crippen molar-refractivity contribution in [3.05, 3.63) is 79.8 Å². The van der Waals surface area contributed by atoms with Crippen LogP contribution >= 0.6 is 22.9 Å². The Kier molecular flexibility index (Phi) is 5.91. The molecule has 0 aliphatic rings. The maximum absolute atomic E-state index is 12.5. The van der Waals surface area contributed by atoms with Gasteiger partial charge >= 0.3 is 0 Å². The van der Waals surface area contributed by atoms with Gasteiger partial charge in [-0.15, -0.1) is 11.3 Å². The van der Waals surface area contributed by atoms with Crippen molar-refractivity contribution in [2.45, 2.75) is 6.42 Å². The predicted molar refractivity (Wildman–Crippen MR) is 112 cm³/mol. The standard InChI is InChI=1S/C19H17ClN4O3S/c1-23(2)16-8-5-13(10-17(16)24(26)27)18(25)22-19-21-11-15(28-19)9-12-3-6-14(20)7-4-12/h3-8,10-11H,9H2,1-2H3,(H,21,22,25). The fraction of sp³-hybridized carbons (Fsp3) is 0.158. The van der Waals surface area contributed by atoms with Crippen LogP contribution in [0.5, 0.6) is 0 Å². The number of nitrogens with zero attached hydrogens (tertiary/aromatic N) is 3. The van der Waals surface area contributed by atoms with Gasteiger partial charge in [-0.25, -0.2) is 4.98 Å². The van der Waals surface area contributed by atoms with Crippen molar-refractivity contribution >= 4 is 45.4 Å². The van der Waals surface area contributed by atoms with Crippen molar-refractivity contribution in [2.75, 3.05) is 24.3 Å². The van der Waals surface area contributed by atoms with E-state index in [1.807, 2.05) is 24.3 Å². The van der Waals surface area contributed by atoms with Gasteiger partial charge in [-0.05, 0) is 29.8 Å². The van der Waals surface area contributed by atoms with E-state index in [1.54, 1.807) is 37.3 Å². The second-order valence-electron chi connectivity index (χ2n) is 6.24. The lowest BCUT2D eigenvalue weighted by Crippen LogP contribution is -2.14. The molecule has 0 unspecified atom stereocenters. The van der Waals surface area contributed by atoms with E-state index < -0.39 is 10.8 Å². The molecule has 9 heteroatoms. The summed E-state index contributed by atoms with van der Waals surface area (Å²) in [6.45, 7) is 0. The van der Waals surface area contributed by atoms with Crippen molar-refractivity contribution in [2.24, 2.45) is 0 Å². The molecule has 0 saturated carbocycles. The van der Waals surface area contributed by atoms with Crippen molar-refractivity contribution < 1.29 is 9.72 Å². The van der Waals surface area contributed by atoms with E-state index in [9.17, 15) is 14.9 Å². The number of hydrogen-bond donors (Lipinski definition) is 1. The number of benzene rings is 2. The molecular formula is C19H17ClN4O3S. The number of hydrogen-bond acceptors (Lipinski definition) is 6. The highest BCUT2D eigenvalue weighted by Crippen LogP contribution is 2.28. The Morgan fingerprint density at radius 1 is 1.25 bits per heavy atom. The van der Waals surface area contributed by atoms with Gasteiger partial charge in [0.25, 0.3) is 11.6 Å². The largest absolute Gasteiger partial charge is 0.372 e. The molecule has 2 aromatic carbocycles. The van der Waals surface area contributed by atoms with Gasteiger partial charge in [0.2, 0.25) is 0 Å². The number of carbonyl (C=O) groups excluding carboxylic acids is 1. The van der Waals surface area contributed by atoms with E-state index in [2.05, 4.69) is 10.3 Å². The molecule has 0 aliphatic carbocycles. The van der Waals surface area contributed by atoms with E-state index in [-0.39, 0.29) is 11.3 Å². The quantitative estimate of drug-likeness (QED) is 0.468. The number of anilines is 2. The van der Waals surface area contributed by atoms with Crippen molar-refractivity contribution in [1.29, 1.82) is 0 Å². The highest BCUT2D eigenvalue weighted by atomic mass is 35.5. The number of aromatic nitrogens is 1. The first kappa shape index (κ1) is 19.8. The molecule has 1 aromatic heterocycles. The number of rotatable bonds is 6. The molecule has 0 saturated heterocycles. The summed E-state index contributed by atoms with van der Waals surface area (Å²) in [6, 6.07) is 11.9. The molecule has 144 valence electrons. The van der Waals surface area contributed by atoms with Crippen LogP contribution in [0.3, 0.4) is 0 Å². The molecule has 0 radical (unpaired) electrons. The van der Waals surface area contributed by atoms with Crippen LogP contribution in [0, 0.1) is 10.1 Å². The first-order chi connectivity index (χ1) is 13.3. The molecule has 1 N–H and O–H groups in total. The molecule has 0 atom stereocenters. The molecular weight excluding hydrogens is 400 g/mol. The van der Waals surface area contributed by atoms with Crippen LogP contribution in [0.1, 0.15) is 20.8 Å². The summed E-state index contributed by atoms with van der Waals surface area (Å²) in [5.74, 6) is -0.444. The third kappa shape index (κ3) is 4.65. The third-order valence-corrected chi connectivity index (χ3v) is 5.15. The number of carbonyl (C=O) groups is 1. The lowest BCUT2D eigenvalue weighted by atomic mass is 10.1. The summed E-state index contributed by atoms with van der Waals surface area (Å²) in [5.41, 5.74) is 1.59. The fourth-order valence-corrected chi connectivity index (χ4v) is 3.58. The zero-order valence-electron chi connectivity index (χ0n) is 15.2. The Morgan fingerprint density at radius 3 is 2.61 bits per heavy atom. The molecule has 7 nitrogen and oxygen atoms in total. The van der Waals surface area contributed by atoms with Crippen LogP contribution in [0.4, 0.5) is 16.5 Å². The maximum Gasteiger partial charge on any atom is 0.293 e. The Hall–Kier alpha value is -2.97. The Bertz CT molecular complexity index is 1020. The van der Waals surface area contributed by atoms with Crippen LogP contribution in [0.25, 0.3) is 0 Å². The highest BCUT2D eigenvalue weighted by Gasteiger charge is 2.19. The minimum atomic E-state index is -0.500. The second-order valence-corrected chi connectivity index (χ2v) is 7.80. The topological polar surface area (TPSA) is 88.4 Å². The average Bonchev–Trinajstić information content (AvgIpc) is 3.09. The SMILES string of the molecule is CN(C)c1ccc(C(=O)Nc2ncc(Cc3ccc(Cl)cc3)s2)cc1[N+](=O)[O-]. The summed E-state index contributed by atoms with van der Waals surface area (Å²) in [6.07, 6.45) is 2.38. The van der Waals surface area contributed by atoms with Gasteiger partial charge in [0.05, 0.1) is 4.92 Å². The van der Waals surface area contributed by atoms with Crippen molar-refractivity contribution in [1.82, 2.24) is 4.98 Å². The van der Waals surface area contributed by atoms with Crippen LogP contribution in [0.15, 0.2) is 48.7 Å². The minimum absolute atomic E-state index is 0.125. The molecule has 1 amide bonds. The summed E-state index contributed by atoms with van der Waals surface area (Å²) in [4.78, 5) is 30.1. The van der Waals surface area contributed by atoms with Gasteiger partial charge in [0.15, 0.2) is 5.13 Å². The van der Waals surface area contributed by atoms with Gasteiger partial charge in [-0.3, -0.25) is 20.2 Å². The van der Waals surface area contributed by atoms with Crippen LogP contribution in [-0.2, 0) is 6.42 Å². The fourth-order valence-electron chi connectivity index (χ4n) is 2.61. The summed E-state index contributed by atoms with van der Waals surface area (Å²) < 4.78 is 0. The third-order valence-electron chi connectivity index (χ3n) is 3.98.